The van der Waals surface area contributed by atoms with E-state index in [9.17, 15) is 0 Å². The standard InChI is InChI=1S/C17H26ClNO/c1-4-10-19(11-5-2)13-6-7-14-15(12-13)17(20-3)9-8-16(14)18/h8-9,13H,4-7,10-12H2,1-3H3. The fourth-order valence-corrected chi connectivity index (χ4v) is 3.61. The first-order chi connectivity index (χ1) is 9.71. The summed E-state index contributed by atoms with van der Waals surface area (Å²) in [5.74, 6) is 1.00. The van der Waals surface area contributed by atoms with Crippen LogP contribution in [-0.4, -0.2) is 31.1 Å². The average molecular weight is 296 g/mol. The van der Waals surface area contributed by atoms with Crippen LogP contribution in [0.15, 0.2) is 12.1 Å². The zero-order chi connectivity index (χ0) is 14.5. The monoisotopic (exact) mass is 295 g/mol. The molecule has 1 aromatic rings. The van der Waals surface area contributed by atoms with E-state index in [1.165, 1.54) is 43.5 Å². The van der Waals surface area contributed by atoms with Gasteiger partial charge in [-0.25, -0.2) is 0 Å². The molecule has 0 N–H and O–H groups in total. The van der Waals surface area contributed by atoms with E-state index in [2.05, 4.69) is 18.7 Å². The second-order valence-electron chi connectivity index (χ2n) is 5.64. The third-order valence-corrected chi connectivity index (χ3v) is 4.61. The van der Waals surface area contributed by atoms with Crippen molar-refractivity contribution in [2.75, 3.05) is 20.2 Å². The molecule has 0 aromatic heterocycles. The summed E-state index contributed by atoms with van der Waals surface area (Å²) in [6.45, 7) is 6.90. The van der Waals surface area contributed by atoms with E-state index < -0.39 is 0 Å². The van der Waals surface area contributed by atoms with Crippen LogP contribution in [0.4, 0.5) is 0 Å². The average Bonchev–Trinajstić information content (AvgIpc) is 2.47. The number of rotatable bonds is 6. The SMILES string of the molecule is CCCN(CCC)C1CCc2c(Cl)ccc(OC)c2C1. The summed E-state index contributed by atoms with van der Waals surface area (Å²) in [6.07, 6.45) is 5.78. The van der Waals surface area contributed by atoms with E-state index in [1.54, 1.807) is 7.11 Å². The van der Waals surface area contributed by atoms with E-state index in [4.69, 9.17) is 16.3 Å². The second kappa shape index (κ2) is 7.33. The maximum atomic E-state index is 6.35. The molecule has 0 radical (unpaired) electrons. The van der Waals surface area contributed by atoms with Crippen LogP contribution >= 0.6 is 11.6 Å². The number of benzene rings is 1. The van der Waals surface area contributed by atoms with Crippen LogP contribution < -0.4 is 4.74 Å². The zero-order valence-electron chi connectivity index (χ0n) is 12.9. The summed E-state index contributed by atoms with van der Waals surface area (Å²) in [5.41, 5.74) is 2.63. The largest absolute Gasteiger partial charge is 0.496 e. The summed E-state index contributed by atoms with van der Waals surface area (Å²) >= 11 is 6.35. The number of halogens is 1. The van der Waals surface area contributed by atoms with Crippen LogP contribution in [0.25, 0.3) is 0 Å². The highest BCUT2D eigenvalue weighted by Crippen LogP contribution is 2.35. The Hall–Kier alpha value is -0.730. The third-order valence-electron chi connectivity index (χ3n) is 4.26. The van der Waals surface area contributed by atoms with E-state index in [0.29, 0.717) is 6.04 Å². The summed E-state index contributed by atoms with van der Waals surface area (Å²) < 4.78 is 5.54. The van der Waals surface area contributed by atoms with Crippen LogP contribution in [-0.2, 0) is 12.8 Å². The Balaban J connectivity index is 2.22. The topological polar surface area (TPSA) is 12.5 Å². The van der Waals surface area contributed by atoms with Gasteiger partial charge in [0.15, 0.2) is 0 Å². The molecule has 3 heteroatoms. The maximum Gasteiger partial charge on any atom is 0.122 e. The molecular weight excluding hydrogens is 270 g/mol. The lowest BCUT2D eigenvalue weighted by Gasteiger charge is -2.35. The molecule has 0 saturated carbocycles. The number of fused-ring (bicyclic) bond motifs is 1. The van der Waals surface area contributed by atoms with Crippen LogP contribution in [0.1, 0.15) is 44.2 Å². The van der Waals surface area contributed by atoms with Gasteiger partial charge in [0.1, 0.15) is 5.75 Å². The van der Waals surface area contributed by atoms with Gasteiger partial charge in [0.05, 0.1) is 7.11 Å². The molecule has 0 aliphatic heterocycles. The summed E-state index contributed by atoms with van der Waals surface area (Å²) in [6, 6.07) is 4.61. The first-order valence-electron chi connectivity index (χ1n) is 7.79. The van der Waals surface area contributed by atoms with E-state index in [-0.39, 0.29) is 0 Å². The molecule has 0 bridgehead atoms. The molecule has 112 valence electrons. The minimum Gasteiger partial charge on any atom is -0.496 e. The molecule has 0 amide bonds. The van der Waals surface area contributed by atoms with Gasteiger partial charge in [-0.05, 0) is 62.9 Å². The van der Waals surface area contributed by atoms with Crippen LogP contribution in [0.3, 0.4) is 0 Å². The second-order valence-corrected chi connectivity index (χ2v) is 6.05. The number of nitrogens with zero attached hydrogens (tertiary/aromatic N) is 1. The minimum atomic E-state index is 0.634. The maximum absolute atomic E-state index is 6.35. The molecule has 1 aliphatic rings. The molecule has 20 heavy (non-hydrogen) atoms. The number of hydrogen-bond donors (Lipinski definition) is 0. The van der Waals surface area contributed by atoms with Gasteiger partial charge in [-0.3, -0.25) is 0 Å². The number of hydrogen-bond acceptors (Lipinski definition) is 2. The number of methoxy groups -OCH3 is 1. The van der Waals surface area contributed by atoms with E-state index in [1.807, 2.05) is 12.1 Å². The first kappa shape index (κ1) is 15.7. The zero-order valence-corrected chi connectivity index (χ0v) is 13.7. The molecule has 1 unspecified atom stereocenters. The number of ether oxygens (including phenoxy) is 1. The normalized spacial score (nSPS) is 18.1. The predicted molar refractivity (Wildman–Crippen MR) is 86.0 cm³/mol. The Morgan fingerprint density at radius 3 is 2.50 bits per heavy atom. The van der Waals surface area contributed by atoms with Gasteiger partial charge in [-0.15, -0.1) is 0 Å². The van der Waals surface area contributed by atoms with Gasteiger partial charge < -0.3 is 9.64 Å². The van der Waals surface area contributed by atoms with Crippen molar-refractivity contribution in [1.29, 1.82) is 0 Å². The van der Waals surface area contributed by atoms with Gasteiger partial charge in [-0.1, -0.05) is 25.4 Å². The summed E-state index contributed by atoms with van der Waals surface area (Å²) in [4.78, 5) is 2.64. The molecule has 1 aromatic carbocycles. The third kappa shape index (κ3) is 3.29. The molecule has 0 fully saturated rings. The van der Waals surface area contributed by atoms with Crippen molar-refractivity contribution in [3.05, 3.63) is 28.3 Å². The Labute approximate surface area is 128 Å². The lowest BCUT2D eigenvalue weighted by atomic mass is 9.86. The van der Waals surface area contributed by atoms with Gasteiger partial charge in [0.2, 0.25) is 0 Å². The lowest BCUT2D eigenvalue weighted by molar-refractivity contribution is 0.179. The molecule has 1 aliphatic carbocycles. The molecule has 2 nitrogen and oxygen atoms in total. The highest BCUT2D eigenvalue weighted by molar-refractivity contribution is 6.31. The van der Waals surface area contributed by atoms with E-state index >= 15 is 0 Å². The predicted octanol–water partition coefficient (Wildman–Crippen LogP) is 4.33. The van der Waals surface area contributed by atoms with E-state index in [0.717, 1.165) is 23.6 Å². The van der Waals surface area contributed by atoms with Crippen LogP contribution in [0.2, 0.25) is 5.02 Å². The van der Waals surface area contributed by atoms with Crippen molar-refractivity contribution in [2.45, 2.75) is 52.0 Å². The van der Waals surface area contributed by atoms with Crippen molar-refractivity contribution < 1.29 is 4.74 Å². The Morgan fingerprint density at radius 2 is 1.90 bits per heavy atom. The fraction of sp³-hybridized carbons (Fsp3) is 0.647. The van der Waals surface area contributed by atoms with Crippen molar-refractivity contribution in [2.24, 2.45) is 0 Å². The highest BCUT2D eigenvalue weighted by atomic mass is 35.5. The molecular formula is C17H26ClNO. The molecule has 2 rings (SSSR count). The fourth-order valence-electron chi connectivity index (χ4n) is 3.34. The molecule has 0 spiro atoms. The molecule has 1 atom stereocenters. The smallest absolute Gasteiger partial charge is 0.122 e. The summed E-state index contributed by atoms with van der Waals surface area (Å²) in [5, 5.41) is 0.900. The highest BCUT2D eigenvalue weighted by Gasteiger charge is 2.26. The van der Waals surface area contributed by atoms with Crippen LogP contribution in [0.5, 0.6) is 5.75 Å². The lowest BCUT2D eigenvalue weighted by Crippen LogP contribution is -2.40. The van der Waals surface area contributed by atoms with Gasteiger partial charge in [0.25, 0.3) is 0 Å². The Bertz CT molecular complexity index is 441. The van der Waals surface area contributed by atoms with Gasteiger partial charge in [0, 0.05) is 16.6 Å². The minimum absolute atomic E-state index is 0.634. The van der Waals surface area contributed by atoms with Gasteiger partial charge in [-0.2, -0.15) is 0 Å². The molecule has 0 heterocycles. The van der Waals surface area contributed by atoms with Gasteiger partial charge >= 0.3 is 0 Å². The van der Waals surface area contributed by atoms with Crippen molar-refractivity contribution in [3.8, 4) is 5.75 Å². The van der Waals surface area contributed by atoms with Crippen molar-refractivity contribution in [3.63, 3.8) is 0 Å². The Morgan fingerprint density at radius 1 is 1.20 bits per heavy atom. The first-order valence-corrected chi connectivity index (χ1v) is 8.17. The van der Waals surface area contributed by atoms with Crippen molar-refractivity contribution >= 4 is 11.6 Å². The Kier molecular flexibility index (Phi) is 5.74. The quantitative estimate of drug-likeness (QED) is 0.774. The van der Waals surface area contributed by atoms with Crippen LogP contribution in [0, 0.1) is 0 Å². The summed E-state index contributed by atoms with van der Waals surface area (Å²) in [7, 11) is 1.75. The van der Waals surface area contributed by atoms with Crippen molar-refractivity contribution in [1.82, 2.24) is 4.90 Å². The molecule has 0 saturated heterocycles.